The highest BCUT2D eigenvalue weighted by atomic mass is 127. The second kappa shape index (κ2) is 14.8. The maximum absolute atomic E-state index is 12.1. The zero-order valence-electron chi connectivity index (χ0n) is 17.4. The fourth-order valence-electron chi connectivity index (χ4n) is 2.76. The largest absolute Gasteiger partial charge is 0.357 e. The van der Waals surface area contributed by atoms with Gasteiger partial charge in [0.05, 0.1) is 6.54 Å². The number of nitrogens with zero attached hydrogens (tertiary/aromatic N) is 3. The second-order valence-corrected chi connectivity index (χ2v) is 6.63. The number of unbranched alkanes of at least 4 members (excludes halogenated alkanes) is 3. The summed E-state index contributed by atoms with van der Waals surface area (Å²) in [5, 5.41) is 13.6. The topological polar surface area (TPSA) is 83.3 Å². The summed E-state index contributed by atoms with van der Waals surface area (Å²) in [7, 11) is 0. The van der Waals surface area contributed by atoms with Gasteiger partial charge in [0.1, 0.15) is 6.54 Å². The fraction of sp³-hybridized carbons (Fsp3) is 0.476. The van der Waals surface area contributed by atoms with Gasteiger partial charge in [-0.2, -0.15) is 5.10 Å². The number of guanidine groups is 1. The third-order valence-electron chi connectivity index (χ3n) is 4.16. The van der Waals surface area contributed by atoms with Crippen LogP contribution in [-0.4, -0.2) is 34.7 Å². The average Bonchev–Trinajstić information content (AvgIpc) is 3.19. The number of nitrogens with one attached hydrogen (secondary N) is 3. The van der Waals surface area contributed by atoms with Crippen LogP contribution in [0.4, 0.5) is 5.69 Å². The van der Waals surface area contributed by atoms with Gasteiger partial charge in [-0.1, -0.05) is 38.3 Å². The van der Waals surface area contributed by atoms with Gasteiger partial charge in [0.2, 0.25) is 5.91 Å². The summed E-state index contributed by atoms with van der Waals surface area (Å²) in [6.07, 6.45) is 8.32. The summed E-state index contributed by atoms with van der Waals surface area (Å²) in [6.45, 7) is 6.77. The van der Waals surface area contributed by atoms with Crippen LogP contribution in [0.25, 0.3) is 0 Å². The number of carbonyl (C=O) groups excluding carboxylic acids is 1. The summed E-state index contributed by atoms with van der Waals surface area (Å²) in [6, 6.07) is 9.57. The minimum absolute atomic E-state index is 0. The van der Waals surface area contributed by atoms with Crippen molar-refractivity contribution in [2.24, 2.45) is 4.99 Å². The van der Waals surface area contributed by atoms with Crippen LogP contribution >= 0.6 is 24.0 Å². The number of hydrogen-bond acceptors (Lipinski definition) is 3. The lowest BCUT2D eigenvalue weighted by molar-refractivity contribution is -0.116. The predicted molar refractivity (Wildman–Crippen MR) is 130 cm³/mol. The SMILES string of the molecule is CCCCCCNC(=NCc1cccc(NC(=O)Cn2cccn2)c1)NCC.I. The number of aliphatic imine (C=N–C) groups is 1. The molecule has 0 unspecified atom stereocenters. The van der Waals surface area contributed by atoms with Gasteiger partial charge in [-0.05, 0) is 37.1 Å². The Hall–Kier alpha value is -2.10. The molecule has 1 heterocycles. The highest BCUT2D eigenvalue weighted by molar-refractivity contribution is 14.0. The van der Waals surface area contributed by atoms with E-state index in [0.717, 1.165) is 36.7 Å². The van der Waals surface area contributed by atoms with Gasteiger partial charge in [0, 0.05) is 31.2 Å². The molecule has 3 N–H and O–H groups in total. The first-order chi connectivity index (χ1) is 13.7. The molecule has 7 nitrogen and oxygen atoms in total. The molecule has 0 spiro atoms. The van der Waals surface area contributed by atoms with E-state index in [9.17, 15) is 4.79 Å². The maximum Gasteiger partial charge on any atom is 0.246 e. The van der Waals surface area contributed by atoms with Crippen molar-refractivity contribution < 1.29 is 4.79 Å². The number of anilines is 1. The molecule has 2 aromatic rings. The van der Waals surface area contributed by atoms with Crippen LogP contribution in [0.15, 0.2) is 47.7 Å². The van der Waals surface area contributed by atoms with Crippen LogP contribution in [0.5, 0.6) is 0 Å². The quantitative estimate of drug-likeness (QED) is 0.185. The van der Waals surface area contributed by atoms with E-state index in [1.807, 2.05) is 24.3 Å². The third kappa shape index (κ3) is 10.3. The highest BCUT2D eigenvalue weighted by Gasteiger charge is 2.04. The van der Waals surface area contributed by atoms with E-state index in [1.165, 1.54) is 19.3 Å². The summed E-state index contributed by atoms with van der Waals surface area (Å²) in [5.41, 5.74) is 1.81. The monoisotopic (exact) mass is 512 g/mol. The Labute approximate surface area is 190 Å². The van der Waals surface area contributed by atoms with Crippen molar-refractivity contribution in [2.75, 3.05) is 18.4 Å². The molecule has 1 aromatic heterocycles. The van der Waals surface area contributed by atoms with Crippen molar-refractivity contribution in [1.29, 1.82) is 0 Å². The molecule has 0 aliphatic rings. The zero-order valence-corrected chi connectivity index (χ0v) is 19.7. The van der Waals surface area contributed by atoms with E-state index < -0.39 is 0 Å². The molecule has 1 aromatic carbocycles. The molecule has 0 aliphatic heterocycles. The van der Waals surface area contributed by atoms with Crippen LogP contribution in [0.1, 0.15) is 45.1 Å². The van der Waals surface area contributed by atoms with Gasteiger partial charge in [0.15, 0.2) is 5.96 Å². The fourth-order valence-corrected chi connectivity index (χ4v) is 2.76. The van der Waals surface area contributed by atoms with Crippen molar-refractivity contribution in [1.82, 2.24) is 20.4 Å². The summed E-state index contributed by atoms with van der Waals surface area (Å²) in [5.74, 6) is 0.721. The first-order valence-corrected chi connectivity index (χ1v) is 10.1. The number of carbonyl (C=O) groups is 1. The standard InChI is InChI=1S/C21H32N6O.HI/c1-3-5-6-7-12-23-21(22-4-2)24-16-18-10-8-11-19(15-18)26-20(28)17-27-14-9-13-25-27;/h8-11,13-15H,3-7,12,16-17H2,1-2H3,(H,26,28)(H2,22,23,24);1H. The Morgan fingerprint density at radius 2 is 2.00 bits per heavy atom. The Balaban J connectivity index is 0.00000420. The molecule has 29 heavy (non-hydrogen) atoms. The van der Waals surface area contributed by atoms with Crippen LogP contribution in [0, 0.1) is 0 Å². The third-order valence-corrected chi connectivity index (χ3v) is 4.16. The smallest absolute Gasteiger partial charge is 0.246 e. The zero-order chi connectivity index (χ0) is 20.0. The van der Waals surface area contributed by atoms with Crippen molar-refractivity contribution >= 4 is 41.5 Å². The van der Waals surface area contributed by atoms with E-state index in [2.05, 4.69) is 39.9 Å². The maximum atomic E-state index is 12.1. The van der Waals surface area contributed by atoms with Gasteiger partial charge >= 0.3 is 0 Å². The van der Waals surface area contributed by atoms with E-state index in [4.69, 9.17) is 0 Å². The number of amides is 1. The normalized spacial score (nSPS) is 10.9. The molecule has 0 radical (unpaired) electrons. The molecule has 2 rings (SSSR count). The number of aromatic nitrogens is 2. The van der Waals surface area contributed by atoms with Gasteiger partial charge in [-0.25, -0.2) is 4.99 Å². The van der Waals surface area contributed by atoms with E-state index in [0.29, 0.717) is 6.54 Å². The Kier molecular flexibility index (Phi) is 12.8. The lowest BCUT2D eigenvalue weighted by atomic mass is 10.2. The molecule has 8 heteroatoms. The molecule has 0 aliphatic carbocycles. The van der Waals surface area contributed by atoms with Crippen molar-refractivity contribution in [2.45, 2.75) is 52.6 Å². The second-order valence-electron chi connectivity index (χ2n) is 6.63. The number of hydrogen-bond donors (Lipinski definition) is 3. The first kappa shape index (κ1) is 24.9. The van der Waals surface area contributed by atoms with Crippen molar-refractivity contribution in [3.05, 3.63) is 48.3 Å². The summed E-state index contributed by atoms with van der Waals surface area (Å²) < 4.78 is 1.60. The molecule has 0 bridgehead atoms. The average molecular weight is 512 g/mol. The van der Waals surface area contributed by atoms with E-state index in [1.54, 1.807) is 23.1 Å². The van der Waals surface area contributed by atoms with Crippen molar-refractivity contribution in [3.8, 4) is 0 Å². The van der Waals surface area contributed by atoms with Gasteiger partial charge in [-0.15, -0.1) is 24.0 Å². The highest BCUT2D eigenvalue weighted by Crippen LogP contribution is 2.12. The number of benzene rings is 1. The molecule has 160 valence electrons. The lowest BCUT2D eigenvalue weighted by Gasteiger charge is -2.11. The van der Waals surface area contributed by atoms with Crippen LogP contribution in [0.2, 0.25) is 0 Å². The van der Waals surface area contributed by atoms with Crippen LogP contribution in [-0.2, 0) is 17.9 Å². The number of rotatable bonds is 11. The van der Waals surface area contributed by atoms with Gasteiger partial charge < -0.3 is 16.0 Å². The Morgan fingerprint density at radius 1 is 1.14 bits per heavy atom. The Morgan fingerprint density at radius 3 is 2.72 bits per heavy atom. The Bertz CT molecular complexity index is 733. The minimum atomic E-state index is -0.105. The summed E-state index contributed by atoms with van der Waals surface area (Å²) in [4.78, 5) is 16.8. The molecular weight excluding hydrogens is 479 g/mol. The van der Waals surface area contributed by atoms with Crippen molar-refractivity contribution in [3.63, 3.8) is 0 Å². The molecule has 1 amide bonds. The molecule has 0 atom stereocenters. The van der Waals surface area contributed by atoms with Gasteiger partial charge in [0.25, 0.3) is 0 Å². The van der Waals surface area contributed by atoms with Gasteiger partial charge in [-0.3, -0.25) is 9.48 Å². The minimum Gasteiger partial charge on any atom is -0.357 e. The lowest BCUT2D eigenvalue weighted by Crippen LogP contribution is -2.37. The van der Waals surface area contributed by atoms with Crippen LogP contribution in [0.3, 0.4) is 0 Å². The number of halogens is 1. The molecule has 0 saturated heterocycles. The first-order valence-electron chi connectivity index (χ1n) is 10.1. The van der Waals surface area contributed by atoms with Crippen LogP contribution < -0.4 is 16.0 Å². The molecule has 0 fully saturated rings. The predicted octanol–water partition coefficient (Wildman–Crippen LogP) is 3.78. The summed E-state index contributed by atoms with van der Waals surface area (Å²) >= 11 is 0. The molecule has 0 saturated carbocycles. The molecular formula is C21H33IN6O. The van der Waals surface area contributed by atoms with E-state index >= 15 is 0 Å². The van der Waals surface area contributed by atoms with E-state index in [-0.39, 0.29) is 36.4 Å².